The van der Waals surface area contributed by atoms with E-state index in [1.165, 1.54) is 7.11 Å². The predicted octanol–water partition coefficient (Wildman–Crippen LogP) is 2.75. The Morgan fingerprint density at radius 1 is 1.03 bits per heavy atom. The van der Waals surface area contributed by atoms with Crippen molar-refractivity contribution < 1.29 is 23.8 Å². The smallest absolute Gasteiger partial charge is 0.337 e. The minimum absolute atomic E-state index is 0.0307. The Balaban J connectivity index is 1.50. The van der Waals surface area contributed by atoms with Crippen LogP contribution >= 0.6 is 0 Å². The fraction of sp³-hybridized carbons (Fsp3) is 0.462. The highest BCUT2D eigenvalue weighted by Crippen LogP contribution is 2.27. The van der Waals surface area contributed by atoms with Gasteiger partial charge in [0.15, 0.2) is 11.5 Å². The maximum absolute atomic E-state index is 12.8. The molecule has 2 aromatic carbocycles. The molecule has 1 aliphatic heterocycles. The van der Waals surface area contributed by atoms with E-state index in [1.54, 1.807) is 26.4 Å². The van der Waals surface area contributed by atoms with Crippen molar-refractivity contribution in [2.24, 2.45) is 0 Å². The number of hydrogen-bond donors (Lipinski definition) is 1. The monoisotopic (exact) mass is 469 g/mol. The summed E-state index contributed by atoms with van der Waals surface area (Å²) < 4.78 is 15.4. The zero-order valence-electron chi connectivity index (χ0n) is 20.7. The number of carbonyl (C=O) groups is 2. The number of anilines is 1. The van der Waals surface area contributed by atoms with Crippen LogP contribution in [0.25, 0.3) is 0 Å². The fourth-order valence-electron chi connectivity index (χ4n) is 4.37. The molecule has 1 heterocycles. The number of carbonyl (C=O) groups excluding carboxylic acids is 2. The Kier molecular flexibility index (Phi) is 8.76. The van der Waals surface area contributed by atoms with Gasteiger partial charge in [-0.05, 0) is 62.2 Å². The molecule has 0 spiro atoms. The number of benzene rings is 2. The summed E-state index contributed by atoms with van der Waals surface area (Å²) in [6, 6.07) is 13.2. The number of ether oxygens (including phenoxy) is 3. The van der Waals surface area contributed by atoms with Crippen molar-refractivity contribution in [3.8, 4) is 11.5 Å². The zero-order chi connectivity index (χ0) is 24.7. The van der Waals surface area contributed by atoms with Gasteiger partial charge in [-0.2, -0.15) is 0 Å². The molecule has 184 valence electrons. The largest absolute Gasteiger partial charge is 0.493 e. The van der Waals surface area contributed by atoms with Crippen LogP contribution in [0.1, 0.15) is 29.8 Å². The molecule has 1 aliphatic rings. The average Bonchev–Trinajstić information content (AvgIpc) is 2.87. The van der Waals surface area contributed by atoms with E-state index in [1.807, 2.05) is 37.3 Å². The van der Waals surface area contributed by atoms with Gasteiger partial charge in [0.1, 0.15) is 0 Å². The fourth-order valence-corrected chi connectivity index (χ4v) is 4.37. The molecule has 1 amide bonds. The Bertz CT molecular complexity index is 979. The van der Waals surface area contributed by atoms with Gasteiger partial charge in [0, 0.05) is 37.9 Å². The summed E-state index contributed by atoms with van der Waals surface area (Å²) >= 11 is 0. The van der Waals surface area contributed by atoms with Crippen molar-refractivity contribution in [2.45, 2.75) is 32.4 Å². The lowest BCUT2D eigenvalue weighted by atomic mass is 10.1. The molecule has 0 aliphatic carbocycles. The summed E-state index contributed by atoms with van der Waals surface area (Å²) in [5, 5.41) is 3.07. The Labute approximate surface area is 201 Å². The van der Waals surface area contributed by atoms with Crippen molar-refractivity contribution >= 4 is 17.6 Å². The third-order valence-corrected chi connectivity index (χ3v) is 6.37. The van der Waals surface area contributed by atoms with Crippen molar-refractivity contribution in [3.05, 3.63) is 53.6 Å². The van der Waals surface area contributed by atoms with Gasteiger partial charge in [0.25, 0.3) is 0 Å². The maximum atomic E-state index is 12.8. The lowest BCUT2D eigenvalue weighted by Crippen LogP contribution is -2.58. The topological polar surface area (TPSA) is 80.3 Å². The van der Waals surface area contributed by atoms with E-state index < -0.39 is 0 Å². The average molecular weight is 470 g/mol. The Morgan fingerprint density at radius 3 is 2.35 bits per heavy atom. The van der Waals surface area contributed by atoms with Crippen LogP contribution in [-0.4, -0.2) is 76.4 Å². The Morgan fingerprint density at radius 2 is 1.74 bits per heavy atom. The Hall–Kier alpha value is -3.26. The van der Waals surface area contributed by atoms with Crippen LogP contribution in [0.2, 0.25) is 0 Å². The molecule has 0 radical (unpaired) electrons. The van der Waals surface area contributed by atoms with Crippen molar-refractivity contribution in [3.63, 3.8) is 0 Å². The van der Waals surface area contributed by atoms with Crippen LogP contribution in [-0.2, 0) is 16.0 Å². The molecule has 0 saturated carbocycles. The lowest BCUT2D eigenvalue weighted by Gasteiger charge is -2.43. The normalized spacial score (nSPS) is 17.1. The summed E-state index contributed by atoms with van der Waals surface area (Å²) in [5.41, 5.74) is 2.67. The van der Waals surface area contributed by atoms with E-state index in [9.17, 15) is 9.59 Å². The van der Waals surface area contributed by atoms with E-state index in [0.717, 1.165) is 30.9 Å². The minimum atomic E-state index is -0.337. The molecule has 2 atom stereocenters. The van der Waals surface area contributed by atoms with Crippen LogP contribution in [0, 0.1) is 0 Å². The molecule has 34 heavy (non-hydrogen) atoms. The summed E-state index contributed by atoms with van der Waals surface area (Å²) in [6.07, 6.45) is 0.712. The molecule has 2 aromatic rings. The first-order chi connectivity index (χ1) is 16.4. The quantitative estimate of drug-likeness (QED) is 0.566. The first-order valence-electron chi connectivity index (χ1n) is 11.6. The molecular weight excluding hydrogens is 434 g/mol. The number of hydrogen-bond acceptors (Lipinski definition) is 7. The number of rotatable bonds is 9. The third-order valence-electron chi connectivity index (χ3n) is 6.37. The number of methoxy groups -OCH3 is 3. The first-order valence-corrected chi connectivity index (χ1v) is 11.6. The molecule has 1 saturated heterocycles. The second-order valence-corrected chi connectivity index (χ2v) is 8.48. The zero-order valence-corrected chi connectivity index (χ0v) is 20.7. The molecule has 8 heteroatoms. The summed E-state index contributed by atoms with van der Waals surface area (Å²) in [7, 11) is 4.61. The number of piperazine rings is 1. The van der Waals surface area contributed by atoms with Crippen molar-refractivity contribution in [1.29, 1.82) is 0 Å². The molecule has 1 fully saturated rings. The third kappa shape index (κ3) is 5.99. The van der Waals surface area contributed by atoms with Crippen LogP contribution in [0.15, 0.2) is 42.5 Å². The first kappa shape index (κ1) is 25.4. The van der Waals surface area contributed by atoms with E-state index in [0.29, 0.717) is 30.0 Å². The van der Waals surface area contributed by atoms with Gasteiger partial charge < -0.3 is 24.4 Å². The van der Waals surface area contributed by atoms with Gasteiger partial charge in [-0.25, -0.2) is 4.79 Å². The highest BCUT2D eigenvalue weighted by molar-refractivity contribution is 5.89. The van der Waals surface area contributed by atoms with Crippen LogP contribution in [0.4, 0.5) is 5.69 Å². The van der Waals surface area contributed by atoms with Crippen LogP contribution in [0.3, 0.4) is 0 Å². The minimum Gasteiger partial charge on any atom is -0.493 e. The van der Waals surface area contributed by atoms with Gasteiger partial charge in [0.05, 0.1) is 32.9 Å². The van der Waals surface area contributed by atoms with E-state index in [2.05, 4.69) is 22.0 Å². The standard InChI is InChI=1S/C26H35N3O5/c1-18-17-28(22-9-7-21(8-10-22)26(31)34-5)14-15-29(18)19(2)25(30)27-13-12-20-6-11-23(32-3)24(16-20)33-4/h6-11,16,18-19H,12-15,17H2,1-5H3,(H,27,30). The van der Waals surface area contributed by atoms with Gasteiger partial charge in [0.2, 0.25) is 5.91 Å². The summed E-state index contributed by atoms with van der Waals surface area (Å²) in [4.78, 5) is 29.0. The number of nitrogens with one attached hydrogen (secondary N) is 1. The summed E-state index contributed by atoms with van der Waals surface area (Å²) in [6.45, 7) is 7.06. The number of amides is 1. The van der Waals surface area contributed by atoms with Crippen molar-refractivity contribution in [2.75, 3.05) is 52.4 Å². The van der Waals surface area contributed by atoms with E-state index in [4.69, 9.17) is 14.2 Å². The van der Waals surface area contributed by atoms with Gasteiger partial charge in [-0.15, -0.1) is 0 Å². The van der Waals surface area contributed by atoms with Crippen molar-refractivity contribution in [1.82, 2.24) is 10.2 Å². The second-order valence-electron chi connectivity index (χ2n) is 8.48. The highest BCUT2D eigenvalue weighted by Gasteiger charge is 2.30. The highest BCUT2D eigenvalue weighted by atomic mass is 16.5. The van der Waals surface area contributed by atoms with Crippen LogP contribution in [0.5, 0.6) is 11.5 Å². The number of esters is 1. The molecule has 2 unspecified atom stereocenters. The number of nitrogens with zero attached hydrogens (tertiary/aromatic N) is 2. The maximum Gasteiger partial charge on any atom is 0.337 e. The summed E-state index contributed by atoms with van der Waals surface area (Å²) in [5.74, 6) is 1.07. The van der Waals surface area contributed by atoms with Gasteiger partial charge in [-0.1, -0.05) is 6.07 Å². The molecule has 8 nitrogen and oxygen atoms in total. The van der Waals surface area contributed by atoms with E-state index in [-0.39, 0.29) is 24.0 Å². The molecule has 3 rings (SSSR count). The predicted molar refractivity (Wildman–Crippen MR) is 132 cm³/mol. The van der Waals surface area contributed by atoms with E-state index >= 15 is 0 Å². The molecular formula is C26H35N3O5. The molecule has 0 bridgehead atoms. The SMILES string of the molecule is COC(=O)c1ccc(N2CCN(C(C)C(=O)NCCc3ccc(OC)c(OC)c3)C(C)C2)cc1. The van der Waals surface area contributed by atoms with Gasteiger partial charge >= 0.3 is 5.97 Å². The lowest BCUT2D eigenvalue weighted by molar-refractivity contribution is -0.126. The second kappa shape index (κ2) is 11.7. The molecule has 1 N–H and O–H groups in total. The van der Waals surface area contributed by atoms with Crippen LogP contribution < -0.4 is 19.7 Å². The molecule has 0 aromatic heterocycles. The van der Waals surface area contributed by atoms with Gasteiger partial charge in [-0.3, -0.25) is 9.69 Å².